The molecule has 0 saturated heterocycles. The van der Waals surface area contributed by atoms with Crippen LogP contribution in [-0.2, 0) is 13.0 Å². The molecule has 2 aromatic rings. The summed E-state index contributed by atoms with van der Waals surface area (Å²) in [5, 5.41) is 11.7. The molecule has 1 aliphatic rings. The smallest absolute Gasteiger partial charge is 0.162 e. The highest BCUT2D eigenvalue weighted by molar-refractivity contribution is 5.23. The minimum atomic E-state index is -0.825. The van der Waals surface area contributed by atoms with E-state index in [0.29, 0.717) is 11.4 Å². The van der Waals surface area contributed by atoms with Gasteiger partial charge in [0, 0.05) is 19.5 Å². The van der Waals surface area contributed by atoms with E-state index in [1.54, 1.807) is 6.07 Å². The Morgan fingerprint density at radius 1 is 1.35 bits per heavy atom. The Bertz CT molecular complexity index is 624. The van der Waals surface area contributed by atoms with Gasteiger partial charge in [0.2, 0.25) is 0 Å². The number of rotatable bonds is 3. The monoisotopic (exact) mass is 278 g/mol. The summed E-state index contributed by atoms with van der Waals surface area (Å²) in [5.74, 6) is -0.0604. The number of halogens is 2. The third kappa shape index (κ3) is 2.20. The molecule has 0 spiro atoms. The summed E-state index contributed by atoms with van der Waals surface area (Å²) in [7, 11) is 0. The molecule has 0 amide bonds. The van der Waals surface area contributed by atoms with E-state index in [9.17, 15) is 8.78 Å². The quantitative estimate of drug-likeness (QED) is 0.936. The molecule has 0 radical (unpaired) electrons. The summed E-state index contributed by atoms with van der Waals surface area (Å²) in [4.78, 5) is 0. The van der Waals surface area contributed by atoms with E-state index in [1.165, 1.54) is 6.07 Å². The second kappa shape index (κ2) is 5.28. The number of benzene rings is 1. The fraction of sp³-hybridized carbons (Fsp3) is 0.429. The first kappa shape index (κ1) is 13.2. The molecule has 6 heteroatoms. The van der Waals surface area contributed by atoms with Crippen molar-refractivity contribution in [2.24, 2.45) is 0 Å². The minimum absolute atomic E-state index is 0.183. The van der Waals surface area contributed by atoms with Crippen molar-refractivity contribution in [1.82, 2.24) is 20.1 Å². The molecule has 0 aliphatic carbocycles. The predicted molar refractivity (Wildman–Crippen MR) is 70.2 cm³/mol. The number of aromatic nitrogens is 3. The fourth-order valence-electron chi connectivity index (χ4n) is 2.61. The van der Waals surface area contributed by atoms with Crippen molar-refractivity contribution in [3.05, 3.63) is 47.0 Å². The molecule has 1 atom stereocenters. The molecule has 0 saturated carbocycles. The number of nitrogens with one attached hydrogen (secondary N) is 1. The van der Waals surface area contributed by atoms with Crippen molar-refractivity contribution in [1.29, 1.82) is 0 Å². The van der Waals surface area contributed by atoms with Gasteiger partial charge in [0.15, 0.2) is 11.6 Å². The molecule has 1 N–H and O–H groups in total. The molecule has 1 unspecified atom stereocenters. The van der Waals surface area contributed by atoms with Gasteiger partial charge in [-0.2, -0.15) is 0 Å². The van der Waals surface area contributed by atoms with Crippen molar-refractivity contribution in [3.8, 4) is 0 Å². The molecule has 106 valence electrons. The van der Waals surface area contributed by atoms with Crippen LogP contribution in [0.5, 0.6) is 0 Å². The van der Waals surface area contributed by atoms with Gasteiger partial charge < -0.3 is 9.88 Å². The van der Waals surface area contributed by atoms with Gasteiger partial charge in [0.05, 0.1) is 6.04 Å². The molecule has 0 bridgehead atoms. The van der Waals surface area contributed by atoms with Crippen LogP contribution >= 0.6 is 0 Å². The number of fused-ring (bicyclic) bond motifs is 1. The molecule has 4 nitrogen and oxygen atoms in total. The van der Waals surface area contributed by atoms with Crippen molar-refractivity contribution < 1.29 is 8.78 Å². The van der Waals surface area contributed by atoms with Crippen LogP contribution in [0.15, 0.2) is 18.2 Å². The van der Waals surface area contributed by atoms with E-state index in [2.05, 4.69) is 22.4 Å². The number of hydrogen-bond donors (Lipinski definition) is 1. The van der Waals surface area contributed by atoms with Gasteiger partial charge in [0.1, 0.15) is 11.6 Å². The summed E-state index contributed by atoms with van der Waals surface area (Å²) >= 11 is 0. The lowest BCUT2D eigenvalue weighted by Crippen LogP contribution is -2.34. The zero-order chi connectivity index (χ0) is 14.1. The molecule has 20 heavy (non-hydrogen) atoms. The summed E-state index contributed by atoms with van der Waals surface area (Å²) in [6, 6.07) is 4.40. The summed E-state index contributed by atoms with van der Waals surface area (Å²) in [6.45, 7) is 3.67. The van der Waals surface area contributed by atoms with Crippen LogP contribution < -0.4 is 5.32 Å². The normalized spacial score (nSPS) is 18.1. The molecule has 1 aliphatic heterocycles. The molecular weight excluding hydrogens is 262 g/mol. The zero-order valence-corrected chi connectivity index (χ0v) is 11.2. The van der Waals surface area contributed by atoms with Crippen LogP contribution in [0.4, 0.5) is 8.78 Å². The zero-order valence-electron chi connectivity index (χ0n) is 11.2. The third-order valence-corrected chi connectivity index (χ3v) is 3.68. The Hall–Kier alpha value is -1.82. The SMILES string of the molecule is CCC1NCCn2c(Cc3cccc(F)c3F)nnc21. The first-order valence-electron chi connectivity index (χ1n) is 6.79. The molecule has 2 heterocycles. The van der Waals surface area contributed by atoms with Gasteiger partial charge in [-0.1, -0.05) is 19.1 Å². The van der Waals surface area contributed by atoms with E-state index in [4.69, 9.17) is 0 Å². The third-order valence-electron chi connectivity index (χ3n) is 3.68. The van der Waals surface area contributed by atoms with Crippen LogP contribution in [0.2, 0.25) is 0 Å². The first-order valence-corrected chi connectivity index (χ1v) is 6.79. The maximum absolute atomic E-state index is 13.7. The second-order valence-electron chi connectivity index (χ2n) is 4.93. The molecule has 0 fully saturated rings. The number of hydrogen-bond acceptors (Lipinski definition) is 3. The Morgan fingerprint density at radius 2 is 2.20 bits per heavy atom. The minimum Gasteiger partial charge on any atom is -0.312 e. The van der Waals surface area contributed by atoms with Crippen LogP contribution in [0.3, 0.4) is 0 Å². The van der Waals surface area contributed by atoms with E-state index < -0.39 is 11.6 Å². The average molecular weight is 278 g/mol. The van der Waals surface area contributed by atoms with Gasteiger partial charge in [-0.25, -0.2) is 8.78 Å². The molecular formula is C14H16F2N4. The molecule has 3 rings (SSSR count). The highest BCUT2D eigenvalue weighted by atomic mass is 19.2. The lowest BCUT2D eigenvalue weighted by Gasteiger charge is -2.24. The lowest BCUT2D eigenvalue weighted by atomic mass is 10.1. The Labute approximate surface area is 115 Å². The molecule has 1 aromatic heterocycles. The van der Waals surface area contributed by atoms with Gasteiger partial charge >= 0.3 is 0 Å². The maximum Gasteiger partial charge on any atom is 0.162 e. The van der Waals surface area contributed by atoms with E-state index in [0.717, 1.165) is 31.4 Å². The lowest BCUT2D eigenvalue weighted by molar-refractivity contribution is 0.400. The van der Waals surface area contributed by atoms with Crippen molar-refractivity contribution >= 4 is 0 Å². The average Bonchev–Trinajstić information content (AvgIpc) is 2.87. The van der Waals surface area contributed by atoms with Gasteiger partial charge in [-0.3, -0.25) is 0 Å². The van der Waals surface area contributed by atoms with Gasteiger partial charge in [-0.15, -0.1) is 10.2 Å². The van der Waals surface area contributed by atoms with E-state index >= 15 is 0 Å². The Balaban J connectivity index is 1.92. The predicted octanol–water partition coefficient (Wildman–Crippen LogP) is 2.20. The van der Waals surface area contributed by atoms with Crippen LogP contribution in [0.1, 0.15) is 36.6 Å². The summed E-state index contributed by atoms with van der Waals surface area (Å²) < 4.78 is 29.0. The largest absolute Gasteiger partial charge is 0.312 e. The maximum atomic E-state index is 13.7. The van der Waals surface area contributed by atoms with Gasteiger partial charge in [0.25, 0.3) is 0 Å². The van der Waals surface area contributed by atoms with Crippen LogP contribution in [0, 0.1) is 11.6 Å². The highest BCUT2D eigenvalue weighted by Gasteiger charge is 2.24. The Morgan fingerprint density at radius 3 is 3.00 bits per heavy atom. The van der Waals surface area contributed by atoms with E-state index in [1.807, 2.05) is 4.57 Å². The second-order valence-corrected chi connectivity index (χ2v) is 4.93. The fourth-order valence-corrected chi connectivity index (χ4v) is 2.61. The topological polar surface area (TPSA) is 42.7 Å². The molecule has 1 aromatic carbocycles. The Kier molecular flexibility index (Phi) is 3.48. The summed E-state index contributed by atoms with van der Waals surface area (Å²) in [5.41, 5.74) is 0.312. The summed E-state index contributed by atoms with van der Waals surface area (Å²) in [6.07, 6.45) is 1.18. The van der Waals surface area contributed by atoms with Crippen LogP contribution in [-0.4, -0.2) is 21.3 Å². The van der Waals surface area contributed by atoms with E-state index in [-0.39, 0.29) is 12.5 Å². The van der Waals surface area contributed by atoms with Crippen molar-refractivity contribution in [2.75, 3.05) is 6.54 Å². The van der Waals surface area contributed by atoms with Crippen molar-refractivity contribution in [3.63, 3.8) is 0 Å². The van der Waals surface area contributed by atoms with Crippen molar-refractivity contribution in [2.45, 2.75) is 32.4 Å². The highest BCUT2D eigenvalue weighted by Crippen LogP contribution is 2.21. The number of nitrogens with zero attached hydrogens (tertiary/aromatic N) is 3. The van der Waals surface area contributed by atoms with Gasteiger partial charge in [-0.05, 0) is 18.1 Å². The first-order chi connectivity index (χ1) is 9.70. The standard InChI is InChI=1S/C14H16F2N4/c1-2-11-14-19-18-12(20(14)7-6-17-11)8-9-4-3-5-10(15)13(9)16/h3-5,11,17H,2,6-8H2,1H3. The van der Waals surface area contributed by atoms with Crippen LogP contribution in [0.25, 0.3) is 0 Å².